The van der Waals surface area contributed by atoms with Crippen molar-refractivity contribution in [3.8, 4) is 0 Å². The van der Waals surface area contributed by atoms with Crippen LogP contribution in [0.5, 0.6) is 0 Å². The van der Waals surface area contributed by atoms with Crippen LogP contribution in [-0.4, -0.2) is 4.83 Å². The number of aryl methyl sites for hydroxylation is 2. The van der Waals surface area contributed by atoms with E-state index < -0.39 is 0 Å². The van der Waals surface area contributed by atoms with Gasteiger partial charge in [0.05, 0.1) is 0 Å². The predicted molar refractivity (Wildman–Crippen MR) is 92.6 cm³/mol. The standard InChI is InChI=1S/C19H29Br/c1-13-6-7-17(18(20)11-13)19(4,5)12-16-9-14(2)8-15(3)10-16/h8-10,13,17-18H,6-7,11-12H2,1-5H3. The molecule has 0 N–H and O–H groups in total. The van der Waals surface area contributed by atoms with E-state index in [1.165, 1.54) is 42.4 Å². The zero-order chi connectivity index (χ0) is 14.9. The summed E-state index contributed by atoms with van der Waals surface area (Å²) in [7, 11) is 0. The highest BCUT2D eigenvalue weighted by Gasteiger charge is 2.37. The van der Waals surface area contributed by atoms with Crippen molar-refractivity contribution in [2.45, 2.75) is 65.1 Å². The van der Waals surface area contributed by atoms with E-state index in [0.29, 0.717) is 10.2 Å². The van der Waals surface area contributed by atoms with E-state index in [0.717, 1.165) is 11.8 Å². The van der Waals surface area contributed by atoms with Gasteiger partial charge in [0, 0.05) is 4.83 Å². The van der Waals surface area contributed by atoms with Crippen LogP contribution in [0.4, 0.5) is 0 Å². The van der Waals surface area contributed by atoms with E-state index in [2.05, 4.69) is 68.7 Å². The largest absolute Gasteiger partial charge is 0.0887 e. The summed E-state index contributed by atoms with van der Waals surface area (Å²) in [6.07, 6.45) is 5.29. The molecule has 0 aromatic heterocycles. The molecule has 1 aromatic carbocycles. The first-order valence-corrected chi connectivity index (χ1v) is 8.91. The van der Waals surface area contributed by atoms with E-state index in [-0.39, 0.29) is 0 Å². The van der Waals surface area contributed by atoms with Crippen LogP contribution in [0, 0.1) is 31.1 Å². The molecule has 20 heavy (non-hydrogen) atoms. The topological polar surface area (TPSA) is 0 Å². The second-order valence-corrected chi connectivity index (χ2v) is 8.88. The Hall–Kier alpha value is -0.300. The maximum absolute atomic E-state index is 3.97. The molecular weight excluding hydrogens is 308 g/mol. The molecule has 0 aliphatic heterocycles. The molecule has 0 heterocycles. The lowest BCUT2D eigenvalue weighted by Crippen LogP contribution is -2.37. The van der Waals surface area contributed by atoms with Gasteiger partial charge in [0.1, 0.15) is 0 Å². The van der Waals surface area contributed by atoms with Gasteiger partial charge >= 0.3 is 0 Å². The molecule has 1 aliphatic carbocycles. The minimum Gasteiger partial charge on any atom is -0.0887 e. The average molecular weight is 337 g/mol. The molecule has 1 aromatic rings. The quantitative estimate of drug-likeness (QED) is 0.587. The van der Waals surface area contributed by atoms with Crippen molar-refractivity contribution in [2.24, 2.45) is 17.3 Å². The van der Waals surface area contributed by atoms with Crippen molar-refractivity contribution in [1.29, 1.82) is 0 Å². The maximum Gasteiger partial charge on any atom is 0.0181 e. The lowest BCUT2D eigenvalue weighted by molar-refractivity contribution is 0.147. The Kier molecular flexibility index (Phi) is 5.00. The molecule has 2 rings (SSSR count). The first-order chi connectivity index (χ1) is 9.28. The minimum absolute atomic E-state index is 0.370. The second-order valence-electron chi connectivity index (χ2n) is 7.70. The van der Waals surface area contributed by atoms with E-state index in [1.54, 1.807) is 0 Å². The van der Waals surface area contributed by atoms with Gasteiger partial charge in [-0.25, -0.2) is 0 Å². The highest BCUT2D eigenvalue weighted by molar-refractivity contribution is 9.09. The number of rotatable bonds is 3. The fourth-order valence-corrected chi connectivity index (χ4v) is 5.64. The van der Waals surface area contributed by atoms with Crippen LogP contribution in [0.1, 0.15) is 56.7 Å². The summed E-state index contributed by atoms with van der Waals surface area (Å²) in [6, 6.07) is 7.00. The Morgan fingerprint density at radius 2 is 1.70 bits per heavy atom. The van der Waals surface area contributed by atoms with Crippen LogP contribution in [0.2, 0.25) is 0 Å². The van der Waals surface area contributed by atoms with Gasteiger partial charge in [-0.05, 0) is 55.9 Å². The fourth-order valence-electron chi connectivity index (χ4n) is 4.02. The number of hydrogen-bond acceptors (Lipinski definition) is 0. The smallest absolute Gasteiger partial charge is 0.0181 e. The summed E-state index contributed by atoms with van der Waals surface area (Å²) in [6.45, 7) is 11.7. The molecule has 1 heteroatoms. The lowest BCUT2D eigenvalue weighted by Gasteiger charge is -2.42. The molecule has 0 amide bonds. The van der Waals surface area contributed by atoms with Crippen molar-refractivity contribution in [1.82, 2.24) is 0 Å². The number of hydrogen-bond donors (Lipinski definition) is 0. The number of benzene rings is 1. The Morgan fingerprint density at radius 3 is 2.25 bits per heavy atom. The van der Waals surface area contributed by atoms with Crippen LogP contribution in [0.3, 0.4) is 0 Å². The highest BCUT2D eigenvalue weighted by Crippen LogP contribution is 2.45. The fraction of sp³-hybridized carbons (Fsp3) is 0.684. The average Bonchev–Trinajstić information content (AvgIpc) is 2.25. The van der Waals surface area contributed by atoms with Crippen molar-refractivity contribution in [2.75, 3.05) is 0 Å². The van der Waals surface area contributed by atoms with Gasteiger partial charge in [0.15, 0.2) is 0 Å². The SMILES string of the molecule is Cc1cc(C)cc(CC(C)(C)C2CCC(C)CC2Br)c1. The Balaban J connectivity index is 2.13. The maximum atomic E-state index is 3.97. The Bertz CT molecular complexity index is 441. The molecule has 0 saturated heterocycles. The normalized spacial score (nSPS) is 27.6. The van der Waals surface area contributed by atoms with Gasteiger partial charge in [-0.2, -0.15) is 0 Å². The van der Waals surface area contributed by atoms with Gasteiger partial charge in [0.2, 0.25) is 0 Å². The summed E-state index contributed by atoms with van der Waals surface area (Å²) in [5, 5.41) is 0. The Morgan fingerprint density at radius 1 is 1.10 bits per heavy atom. The van der Waals surface area contributed by atoms with Gasteiger partial charge in [0.25, 0.3) is 0 Å². The van der Waals surface area contributed by atoms with Crippen molar-refractivity contribution < 1.29 is 0 Å². The van der Waals surface area contributed by atoms with Crippen LogP contribution < -0.4 is 0 Å². The Labute approximate surface area is 133 Å². The number of halogens is 1. The molecule has 0 radical (unpaired) electrons. The first kappa shape index (κ1) is 16.1. The summed E-state index contributed by atoms with van der Waals surface area (Å²) in [5.74, 6) is 1.67. The molecule has 112 valence electrons. The molecule has 3 unspecified atom stereocenters. The summed E-state index contributed by atoms with van der Waals surface area (Å²) in [4.78, 5) is 0.687. The first-order valence-electron chi connectivity index (χ1n) is 7.99. The minimum atomic E-state index is 0.370. The third kappa shape index (κ3) is 3.87. The van der Waals surface area contributed by atoms with E-state index in [1.807, 2.05) is 0 Å². The predicted octanol–water partition coefficient (Wildman–Crippen LogP) is 6.07. The van der Waals surface area contributed by atoms with Gasteiger partial charge in [-0.1, -0.05) is 72.4 Å². The third-order valence-electron chi connectivity index (χ3n) is 4.98. The molecule has 0 spiro atoms. The zero-order valence-electron chi connectivity index (χ0n) is 13.7. The lowest BCUT2D eigenvalue weighted by atomic mass is 9.66. The summed E-state index contributed by atoms with van der Waals surface area (Å²) < 4.78 is 0. The monoisotopic (exact) mass is 336 g/mol. The highest BCUT2D eigenvalue weighted by atomic mass is 79.9. The van der Waals surface area contributed by atoms with Crippen molar-refractivity contribution >= 4 is 15.9 Å². The second kappa shape index (κ2) is 6.22. The van der Waals surface area contributed by atoms with Gasteiger partial charge in [-0.3, -0.25) is 0 Å². The van der Waals surface area contributed by atoms with Crippen LogP contribution in [0.15, 0.2) is 18.2 Å². The molecule has 1 aliphatic rings. The van der Waals surface area contributed by atoms with E-state index in [9.17, 15) is 0 Å². The summed E-state index contributed by atoms with van der Waals surface area (Å²) in [5.41, 5.74) is 4.66. The number of alkyl halides is 1. The third-order valence-corrected chi connectivity index (χ3v) is 5.99. The van der Waals surface area contributed by atoms with Crippen molar-refractivity contribution in [3.63, 3.8) is 0 Å². The molecule has 3 atom stereocenters. The molecule has 0 bridgehead atoms. The molecule has 1 saturated carbocycles. The van der Waals surface area contributed by atoms with E-state index >= 15 is 0 Å². The van der Waals surface area contributed by atoms with Gasteiger partial charge in [-0.15, -0.1) is 0 Å². The molecule has 1 fully saturated rings. The zero-order valence-corrected chi connectivity index (χ0v) is 15.3. The van der Waals surface area contributed by atoms with Crippen molar-refractivity contribution in [3.05, 3.63) is 34.9 Å². The van der Waals surface area contributed by atoms with E-state index in [4.69, 9.17) is 0 Å². The summed E-state index contributed by atoms with van der Waals surface area (Å²) >= 11 is 3.97. The molecular formula is C19H29Br. The van der Waals surface area contributed by atoms with Crippen LogP contribution in [0.25, 0.3) is 0 Å². The van der Waals surface area contributed by atoms with Crippen LogP contribution in [-0.2, 0) is 6.42 Å². The van der Waals surface area contributed by atoms with Crippen LogP contribution >= 0.6 is 15.9 Å². The molecule has 0 nitrogen and oxygen atoms in total. The van der Waals surface area contributed by atoms with Gasteiger partial charge < -0.3 is 0 Å².